The Bertz CT molecular complexity index is 401. The van der Waals surface area contributed by atoms with Gasteiger partial charge in [0.1, 0.15) is 0 Å². The van der Waals surface area contributed by atoms with Crippen LogP contribution in [0.2, 0.25) is 0 Å². The third kappa shape index (κ3) is 3.85. The Balaban J connectivity index is 2.14. The summed E-state index contributed by atoms with van der Waals surface area (Å²) < 4.78 is 7.30. The van der Waals surface area contributed by atoms with Crippen molar-refractivity contribution in [1.29, 1.82) is 0 Å². The highest BCUT2D eigenvalue weighted by Gasteiger charge is 2.40. The molecule has 0 saturated heterocycles. The van der Waals surface area contributed by atoms with Crippen LogP contribution in [-0.4, -0.2) is 25.3 Å². The van der Waals surface area contributed by atoms with Crippen molar-refractivity contribution >= 4 is 27.3 Å². The summed E-state index contributed by atoms with van der Waals surface area (Å²) in [6.45, 7) is 3.30. The first-order valence-corrected chi connectivity index (χ1v) is 9.39. The van der Waals surface area contributed by atoms with Gasteiger partial charge in [-0.25, -0.2) is 0 Å². The van der Waals surface area contributed by atoms with Gasteiger partial charge in [0.15, 0.2) is 0 Å². The zero-order chi connectivity index (χ0) is 14.4. The van der Waals surface area contributed by atoms with Crippen LogP contribution in [0.1, 0.15) is 50.3 Å². The summed E-state index contributed by atoms with van der Waals surface area (Å²) in [6.07, 6.45) is 8.55. The summed E-state index contributed by atoms with van der Waals surface area (Å²) in [4.78, 5) is 1.43. The number of methoxy groups -OCH3 is 1. The molecular formula is C16H26BrNOS. The van der Waals surface area contributed by atoms with Crippen molar-refractivity contribution in [2.75, 3.05) is 13.7 Å². The standard InChI is InChI=1S/C16H26BrNOS/c1-3-10-18-15(12-14-13(17)7-11-20-14)16(19-2)8-5-4-6-9-16/h7,11,15,18H,3-6,8-10,12H2,1-2H3. The predicted molar refractivity (Wildman–Crippen MR) is 90.6 cm³/mol. The molecule has 114 valence electrons. The van der Waals surface area contributed by atoms with Gasteiger partial charge in [0.05, 0.1) is 5.60 Å². The highest BCUT2D eigenvalue weighted by atomic mass is 79.9. The van der Waals surface area contributed by atoms with E-state index in [1.54, 1.807) is 0 Å². The van der Waals surface area contributed by atoms with Crippen molar-refractivity contribution in [2.24, 2.45) is 0 Å². The predicted octanol–water partition coefficient (Wildman–Crippen LogP) is 4.77. The van der Waals surface area contributed by atoms with Crippen molar-refractivity contribution in [3.05, 3.63) is 20.8 Å². The van der Waals surface area contributed by atoms with Gasteiger partial charge in [0.2, 0.25) is 0 Å². The van der Waals surface area contributed by atoms with Gasteiger partial charge >= 0.3 is 0 Å². The van der Waals surface area contributed by atoms with Crippen molar-refractivity contribution in [3.8, 4) is 0 Å². The Morgan fingerprint density at radius 1 is 1.40 bits per heavy atom. The van der Waals surface area contributed by atoms with Gasteiger partial charge in [0, 0.05) is 28.9 Å². The third-order valence-electron chi connectivity index (χ3n) is 4.46. The number of thiophene rings is 1. The molecule has 1 aromatic rings. The Labute approximate surface area is 135 Å². The summed E-state index contributed by atoms with van der Waals surface area (Å²) >= 11 is 5.51. The van der Waals surface area contributed by atoms with Gasteiger partial charge in [-0.1, -0.05) is 26.2 Å². The number of ether oxygens (including phenoxy) is 1. The largest absolute Gasteiger partial charge is 0.377 e. The molecule has 0 spiro atoms. The minimum Gasteiger partial charge on any atom is -0.377 e. The van der Waals surface area contributed by atoms with Crippen LogP contribution in [0.25, 0.3) is 0 Å². The SMILES string of the molecule is CCCNC(Cc1sccc1Br)C1(OC)CCCCC1. The molecule has 1 fully saturated rings. The average molecular weight is 360 g/mol. The molecule has 1 aliphatic rings. The molecule has 20 heavy (non-hydrogen) atoms. The van der Waals surface area contributed by atoms with Gasteiger partial charge in [-0.05, 0) is 53.2 Å². The Kier molecular flexibility index (Phi) is 6.53. The first kappa shape index (κ1) is 16.5. The van der Waals surface area contributed by atoms with Gasteiger partial charge in [0.25, 0.3) is 0 Å². The van der Waals surface area contributed by atoms with E-state index in [1.807, 2.05) is 18.4 Å². The molecule has 0 aliphatic heterocycles. The maximum atomic E-state index is 6.05. The van der Waals surface area contributed by atoms with Crippen molar-refractivity contribution in [2.45, 2.75) is 63.5 Å². The summed E-state index contributed by atoms with van der Waals surface area (Å²) in [6, 6.07) is 2.57. The monoisotopic (exact) mass is 359 g/mol. The molecule has 1 atom stereocenters. The minimum absolute atomic E-state index is 0.0247. The zero-order valence-corrected chi connectivity index (χ0v) is 15.0. The normalized spacial score (nSPS) is 19.9. The lowest BCUT2D eigenvalue weighted by atomic mass is 9.77. The van der Waals surface area contributed by atoms with Gasteiger partial charge < -0.3 is 10.1 Å². The van der Waals surface area contributed by atoms with E-state index in [4.69, 9.17) is 4.74 Å². The molecule has 1 aromatic heterocycles. The summed E-state index contributed by atoms with van der Waals surface area (Å²) in [5.41, 5.74) is 0.0247. The Morgan fingerprint density at radius 2 is 2.15 bits per heavy atom. The van der Waals surface area contributed by atoms with Crippen LogP contribution in [0.5, 0.6) is 0 Å². The molecule has 2 nitrogen and oxygen atoms in total. The van der Waals surface area contributed by atoms with E-state index < -0.39 is 0 Å². The molecule has 0 bridgehead atoms. The smallest absolute Gasteiger partial charge is 0.0834 e. The maximum absolute atomic E-state index is 6.05. The molecule has 1 N–H and O–H groups in total. The van der Waals surface area contributed by atoms with Crippen LogP contribution in [0.3, 0.4) is 0 Å². The quantitative estimate of drug-likeness (QED) is 0.756. The molecule has 0 radical (unpaired) electrons. The molecule has 0 amide bonds. The van der Waals surface area contributed by atoms with Crippen LogP contribution < -0.4 is 5.32 Å². The van der Waals surface area contributed by atoms with E-state index in [9.17, 15) is 0 Å². The number of hydrogen-bond donors (Lipinski definition) is 1. The zero-order valence-electron chi connectivity index (χ0n) is 12.6. The molecule has 1 saturated carbocycles. The second kappa shape index (κ2) is 7.92. The Morgan fingerprint density at radius 3 is 2.70 bits per heavy atom. The van der Waals surface area contributed by atoms with Crippen LogP contribution in [0.4, 0.5) is 0 Å². The van der Waals surface area contributed by atoms with Crippen LogP contribution in [-0.2, 0) is 11.2 Å². The lowest BCUT2D eigenvalue weighted by molar-refractivity contribution is -0.0671. The van der Waals surface area contributed by atoms with Crippen LogP contribution in [0, 0.1) is 0 Å². The third-order valence-corrected chi connectivity index (χ3v) is 6.41. The van der Waals surface area contributed by atoms with E-state index >= 15 is 0 Å². The number of halogens is 1. The fraction of sp³-hybridized carbons (Fsp3) is 0.750. The molecular weight excluding hydrogens is 334 g/mol. The fourth-order valence-corrected chi connectivity index (χ4v) is 4.83. The van der Waals surface area contributed by atoms with E-state index in [0.717, 1.165) is 13.0 Å². The molecule has 4 heteroatoms. The van der Waals surface area contributed by atoms with E-state index in [-0.39, 0.29) is 5.60 Å². The maximum Gasteiger partial charge on any atom is 0.0834 e. The van der Waals surface area contributed by atoms with Gasteiger partial charge in [-0.15, -0.1) is 11.3 Å². The minimum atomic E-state index is 0.0247. The number of hydrogen-bond acceptors (Lipinski definition) is 3. The van der Waals surface area contributed by atoms with Crippen molar-refractivity contribution in [3.63, 3.8) is 0 Å². The number of rotatable bonds is 7. The summed E-state index contributed by atoms with van der Waals surface area (Å²) in [7, 11) is 1.90. The molecule has 0 aromatic carbocycles. The van der Waals surface area contributed by atoms with Crippen LogP contribution in [0.15, 0.2) is 15.9 Å². The molecule has 1 heterocycles. The lowest BCUT2D eigenvalue weighted by Crippen LogP contribution is -2.54. The van der Waals surface area contributed by atoms with E-state index in [0.29, 0.717) is 6.04 Å². The van der Waals surface area contributed by atoms with E-state index in [2.05, 4.69) is 39.6 Å². The van der Waals surface area contributed by atoms with Crippen LogP contribution >= 0.6 is 27.3 Å². The average Bonchev–Trinajstić information content (AvgIpc) is 2.89. The second-order valence-electron chi connectivity index (χ2n) is 5.73. The highest BCUT2D eigenvalue weighted by Crippen LogP contribution is 2.37. The van der Waals surface area contributed by atoms with Crippen molar-refractivity contribution < 1.29 is 4.74 Å². The van der Waals surface area contributed by atoms with Crippen molar-refractivity contribution in [1.82, 2.24) is 5.32 Å². The molecule has 2 rings (SSSR count). The first-order valence-electron chi connectivity index (χ1n) is 7.72. The summed E-state index contributed by atoms with van der Waals surface area (Å²) in [5, 5.41) is 5.92. The van der Waals surface area contributed by atoms with Gasteiger partial charge in [-0.2, -0.15) is 0 Å². The highest BCUT2D eigenvalue weighted by molar-refractivity contribution is 9.10. The molecule has 1 unspecified atom stereocenters. The van der Waals surface area contributed by atoms with Gasteiger partial charge in [-0.3, -0.25) is 0 Å². The topological polar surface area (TPSA) is 21.3 Å². The second-order valence-corrected chi connectivity index (χ2v) is 7.59. The fourth-order valence-electron chi connectivity index (χ4n) is 3.26. The lowest BCUT2D eigenvalue weighted by Gasteiger charge is -2.43. The van der Waals surface area contributed by atoms with E-state index in [1.165, 1.54) is 47.9 Å². The Hall–Kier alpha value is 0.1000. The summed E-state index contributed by atoms with van der Waals surface area (Å²) in [5.74, 6) is 0. The first-order chi connectivity index (χ1) is 9.72. The number of nitrogens with one attached hydrogen (secondary N) is 1. The molecule has 1 aliphatic carbocycles.